The van der Waals surface area contributed by atoms with Crippen LogP contribution in [0.4, 0.5) is 0 Å². The summed E-state index contributed by atoms with van der Waals surface area (Å²) in [4.78, 5) is 0. The molecule has 0 amide bonds. The van der Waals surface area contributed by atoms with E-state index in [1.54, 1.807) is 0 Å². The van der Waals surface area contributed by atoms with Crippen molar-refractivity contribution < 1.29 is 0 Å². The van der Waals surface area contributed by atoms with Gasteiger partial charge in [-0.05, 0) is 30.4 Å². The monoisotopic (exact) mass is 192 g/mol. The van der Waals surface area contributed by atoms with Gasteiger partial charge in [-0.25, -0.2) is 0 Å². The van der Waals surface area contributed by atoms with Gasteiger partial charge in [-0.2, -0.15) is 0 Å². The highest BCUT2D eigenvalue weighted by Gasteiger charge is 2.00. The Labute approximate surface area is 89.4 Å². The quantitative estimate of drug-likeness (QED) is 0.636. The number of benzene rings is 1. The summed E-state index contributed by atoms with van der Waals surface area (Å²) in [5.41, 5.74) is 4.31. The van der Waals surface area contributed by atoms with Gasteiger partial charge in [-0.15, -0.1) is 0 Å². The normalized spacial score (nSPS) is 9.64. The first-order valence-electron chi connectivity index (χ1n) is 5.74. The third-order valence-electron chi connectivity index (χ3n) is 2.23. The van der Waals surface area contributed by atoms with Crippen LogP contribution in [-0.2, 0) is 6.42 Å². The Hall–Kier alpha value is -0.780. The first-order chi connectivity index (χ1) is 6.63. The molecule has 0 aliphatic rings. The van der Waals surface area contributed by atoms with E-state index in [4.69, 9.17) is 0 Å². The molecule has 14 heavy (non-hydrogen) atoms. The summed E-state index contributed by atoms with van der Waals surface area (Å²) in [6.45, 7) is 12.9. The van der Waals surface area contributed by atoms with Gasteiger partial charge in [0, 0.05) is 0 Å². The molecule has 0 atom stereocenters. The van der Waals surface area contributed by atoms with E-state index in [-0.39, 0.29) is 0 Å². The van der Waals surface area contributed by atoms with Crippen LogP contribution in [0.1, 0.15) is 57.2 Å². The molecule has 0 N–H and O–H groups in total. The lowest BCUT2D eigenvalue weighted by Crippen LogP contribution is -1.91. The van der Waals surface area contributed by atoms with Gasteiger partial charge in [0.05, 0.1) is 0 Å². The molecule has 0 heteroatoms. The van der Waals surface area contributed by atoms with Crippen molar-refractivity contribution in [2.24, 2.45) is 0 Å². The van der Waals surface area contributed by atoms with Crippen molar-refractivity contribution in [1.29, 1.82) is 0 Å². The predicted molar refractivity (Wildman–Crippen MR) is 66.0 cm³/mol. The Morgan fingerprint density at radius 3 is 2.07 bits per heavy atom. The van der Waals surface area contributed by atoms with Crippen molar-refractivity contribution in [1.82, 2.24) is 0 Å². The van der Waals surface area contributed by atoms with Gasteiger partial charge in [0.15, 0.2) is 0 Å². The molecule has 0 nitrogen and oxygen atoms in total. The second-order valence-corrected chi connectivity index (χ2v) is 3.76. The summed E-state index contributed by atoms with van der Waals surface area (Å²) >= 11 is 0. The second kappa shape index (κ2) is 6.64. The molecule has 0 heterocycles. The first-order valence-corrected chi connectivity index (χ1v) is 5.74. The van der Waals surface area contributed by atoms with Gasteiger partial charge in [-0.1, -0.05) is 58.4 Å². The van der Waals surface area contributed by atoms with E-state index in [9.17, 15) is 0 Å². The van der Waals surface area contributed by atoms with Gasteiger partial charge in [-0.3, -0.25) is 0 Å². The zero-order valence-electron chi connectivity index (χ0n) is 10.5. The average Bonchev–Trinajstić information content (AvgIpc) is 2.20. The average molecular weight is 192 g/mol. The van der Waals surface area contributed by atoms with Crippen LogP contribution in [0.25, 0.3) is 0 Å². The third-order valence-corrected chi connectivity index (χ3v) is 2.23. The van der Waals surface area contributed by atoms with E-state index >= 15 is 0 Å². The molecule has 0 aliphatic carbocycles. The third kappa shape index (κ3) is 3.95. The maximum atomic E-state index is 2.32. The van der Waals surface area contributed by atoms with Crippen LogP contribution in [0, 0.1) is 6.92 Å². The maximum absolute atomic E-state index is 2.32. The van der Waals surface area contributed by atoms with E-state index in [0.717, 1.165) is 6.42 Å². The summed E-state index contributed by atoms with van der Waals surface area (Å²) in [7, 11) is 0. The molecule has 0 aliphatic heterocycles. The first kappa shape index (κ1) is 13.2. The molecule has 80 valence electrons. The summed E-state index contributed by atoms with van der Waals surface area (Å²) in [5.74, 6) is 0.648. The van der Waals surface area contributed by atoms with Crippen molar-refractivity contribution >= 4 is 0 Å². The predicted octanol–water partition coefficient (Wildman–Crippen LogP) is 4.71. The number of hydrogen-bond acceptors (Lipinski definition) is 0. The van der Waals surface area contributed by atoms with E-state index in [2.05, 4.69) is 45.9 Å². The van der Waals surface area contributed by atoms with E-state index in [0.29, 0.717) is 5.92 Å². The number of hydrogen-bond donors (Lipinski definition) is 0. The molecule has 0 aromatic heterocycles. The van der Waals surface area contributed by atoms with Crippen LogP contribution in [0.2, 0.25) is 0 Å². The van der Waals surface area contributed by atoms with Crippen LogP contribution in [-0.4, -0.2) is 0 Å². The smallest absolute Gasteiger partial charge is 0.0219 e. The van der Waals surface area contributed by atoms with Gasteiger partial charge in [0.1, 0.15) is 0 Å². The van der Waals surface area contributed by atoms with Crippen molar-refractivity contribution in [2.45, 2.75) is 53.9 Å². The van der Waals surface area contributed by atoms with Crippen molar-refractivity contribution in [3.8, 4) is 0 Å². The fourth-order valence-electron chi connectivity index (χ4n) is 1.43. The Balaban J connectivity index is 0.000000791. The molecule has 0 bridgehead atoms. The van der Waals surface area contributed by atoms with Crippen molar-refractivity contribution in [3.63, 3.8) is 0 Å². The summed E-state index contributed by atoms with van der Waals surface area (Å²) in [5, 5.41) is 0. The topological polar surface area (TPSA) is 0 Å². The zero-order valence-corrected chi connectivity index (χ0v) is 10.5. The van der Waals surface area contributed by atoms with Gasteiger partial charge in [0.25, 0.3) is 0 Å². The van der Waals surface area contributed by atoms with Crippen molar-refractivity contribution in [3.05, 3.63) is 34.9 Å². The van der Waals surface area contributed by atoms with Gasteiger partial charge in [0.2, 0.25) is 0 Å². The van der Waals surface area contributed by atoms with Crippen LogP contribution in [0.15, 0.2) is 18.2 Å². The van der Waals surface area contributed by atoms with E-state index < -0.39 is 0 Å². The molecule has 1 aromatic carbocycles. The fourth-order valence-corrected chi connectivity index (χ4v) is 1.43. The van der Waals surface area contributed by atoms with E-state index in [1.165, 1.54) is 16.7 Å². The van der Waals surface area contributed by atoms with Crippen LogP contribution in [0.5, 0.6) is 0 Å². The lowest BCUT2D eigenvalue weighted by atomic mass is 9.97. The maximum Gasteiger partial charge on any atom is -0.0219 e. The van der Waals surface area contributed by atoms with Crippen LogP contribution >= 0.6 is 0 Å². The van der Waals surface area contributed by atoms with Gasteiger partial charge >= 0.3 is 0 Å². The second-order valence-electron chi connectivity index (χ2n) is 3.76. The molecule has 1 aromatic rings. The lowest BCUT2D eigenvalue weighted by Gasteiger charge is -2.08. The van der Waals surface area contributed by atoms with Gasteiger partial charge < -0.3 is 0 Å². The Morgan fingerprint density at radius 2 is 1.64 bits per heavy atom. The Bertz CT molecular complexity index is 259. The van der Waals surface area contributed by atoms with Crippen LogP contribution < -0.4 is 0 Å². The fraction of sp³-hybridized carbons (Fsp3) is 0.571. The van der Waals surface area contributed by atoms with Crippen molar-refractivity contribution in [2.75, 3.05) is 0 Å². The number of rotatable bonds is 2. The van der Waals surface area contributed by atoms with E-state index in [1.807, 2.05) is 13.8 Å². The molecule has 0 radical (unpaired) electrons. The highest BCUT2D eigenvalue weighted by atomic mass is 14.1. The number of aryl methyl sites for hydroxylation is 2. The molecular formula is C14H24. The van der Waals surface area contributed by atoms with Crippen LogP contribution in [0.3, 0.4) is 0 Å². The molecule has 1 rings (SSSR count). The molecule has 0 saturated heterocycles. The molecule has 0 fully saturated rings. The molecular weight excluding hydrogens is 168 g/mol. The standard InChI is InChI=1S/C12H18.C2H6/c1-5-11-6-10(4)7-12(8-11)9(2)3;1-2/h6-9H,5H2,1-4H3;1-2H3. The SMILES string of the molecule is CC.CCc1cc(C)cc(C(C)C)c1. The Morgan fingerprint density at radius 1 is 1.07 bits per heavy atom. The lowest BCUT2D eigenvalue weighted by molar-refractivity contribution is 0.860. The summed E-state index contributed by atoms with van der Waals surface area (Å²) in [6, 6.07) is 6.87. The molecule has 0 unspecified atom stereocenters. The largest absolute Gasteiger partial charge is 0.0683 e. The minimum atomic E-state index is 0.648. The summed E-state index contributed by atoms with van der Waals surface area (Å²) in [6.07, 6.45) is 1.14. The summed E-state index contributed by atoms with van der Waals surface area (Å²) < 4.78 is 0. The molecule has 0 saturated carbocycles. The zero-order chi connectivity index (χ0) is 11.1. The molecule has 0 spiro atoms. The Kier molecular flexibility index (Phi) is 6.27. The minimum Gasteiger partial charge on any atom is -0.0683 e. The highest BCUT2D eigenvalue weighted by Crippen LogP contribution is 2.18. The highest BCUT2D eigenvalue weighted by molar-refractivity contribution is 5.31. The minimum absolute atomic E-state index is 0.648.